The van der Waals surface area contributed by atoms with Gasteiger partial charge in [0.15, 0.2) is 0 Å². The first-order chi connectivity index (χ1) is 9.42. The molecule has 1 amide bonds. The fourth-order valence-corrected chi connectivity index (χ4v) is 1.42. The van der Waals surface area contributed by atoms with E-state index in [4.69, 9.17) is 0 Å². The van der Waals surface area contributed by atoms with E-state index < -0.39 is 12.3 Å². The predicted octanol–water partition coefficient (Wildman–Crippen LogP) is 1.28. The second-order valence-electron chi connectivity index (χ2n) is 3.66. The van der Waals surface area contributed by atoms with Crippen molar-refractivity contribution in [3.05, 3.63) is 29.8 Å². The Bertz CT molecular complexity index is 585. The third kappa shape index (κ3) is 4.23. The highest BCUT2D eigenvalue weighted by atomic mass is 19.4. The Morgan fingerprint density at radius 1 is 1.40 bits per heavy atom. The third-order valence-corrected chi connectivity index (χ3v) is 2.09. The van der Waals surface area contributed by atoms with Gasteiger partial charge in [0, 0.05) is 0 Å². The maximum Gasteiger partial charge on any atom is 0.573 e. The van der Waals surface area contributed by atoms with Crippen molar-refractivity contribution < 1.29 is 22.7 Å². The molecule has 0 aliphatic heterocycles. The molecule has 0 unspecified atom stereocenters. The molecule has 0 saturated heterocycles. The topological polar surface area (TPSA) is 92.8 Å². The van der Waals surface area contributed by atoms with Crippen molar-refractivity contribution in [3.8, 4) is 5.75 Å². The smallest absolute Gasteiger partial charge is 0.406 e. The van der Waals surface area contributed by atoms with Crippen LogP contribution in [0, 0.1) is 0 Å². The van der Waals surface area contributed by atoms with Gasteiger partial charge in [-0.1, -0.05) is 17.2 Å². The van der Waals surface area contributed by atoms with Crippen molar-refractivity contribution in [2.75, 3.05) is 5.32 Å². The number of tetrazole rings is 1. The number of ether oxygens (including phenoxy) is 1. The average molecular weight is 287 g/mol. The summed E-state index contributed by atoms with van der Waals surface area (Å²) in [5, 5.41) is 14.7. The second-order valence-corrected chi connectivity index (χ2v) is 3.66. The van der Waals surface area contributed by atoms with E-state index in [1.807, 2.05) is 0 Å². The van der Waals surface area contributed by atoms with Crippen LogP contribution in [0.4, 0.5) is 19.1 Å². The summed E-state index contributed by atoms with van der Waals surface area (Å²) in [4.78, 5) is 11.6. The summed E-state index contributed by atoms with van der Waals surface area (Å²) in [5.74, 6) is -0.893. The highest BCUT2D eigenvalue weighted by molar-refractivity contribution is 5.90. The number of aromatic amines is 1. The molecule has 0 aliphatic carbocycles. The molecule has 0 spiro atoms. The van der Waals surface area contributed by atoms with E-state index in [2.05, 4.69) is 30.7 Å². The summed E-state index contributed by atoms with van der Waals surface area (Å²) >= 11 is 0. The number of nitrogens with one attached hydrogen (secondary N) is 2. The van der Waals surface area contributed by atoms with Gasteiger partial charge in [-0.2, -0.15) is 5.21 Å². The van der Waals surface area contributed by atoms with Gasteiger partial charge in [0.2, 0.25) is 5.91 Å². The quantitative estimate of drug-likeness (QED) is 0.883. The molecule has 0 saturated carbocycles. The molecule has 1 aromatic carbocycles. The standard InChI is InChI=1S/C10H8F3N5O2/c11-10(12,13)20-7-3-1-2-6(4-7)5-8(19)14-9-15-17-18-16-9/h1-4H,5H2,(H2,14,15,16,17,18,19). The first-order valence-corrected chi connectivity index (χ1v) is 5.30. The van der Waals surface area contributed by atoms with E-state index in [9.17, 15) is 18.0 Å². The Hall–Kier alpha value is -2.65. The van der Waals surface area contributed by atoms with E-state index >= 15 is 0 Å². The van der Waals surface area contributed by atoms with Gasteiger partial charge in [0.1, 0.15) is 5.75 Å². The fraction of sp³-hybridized carbons (Fsp3) is 0.200. The lowest BCUT2D eigenvalue weighted by atomic mass is 10.1. The molecule has 2 N–H and O–H groups in total. The van der Waals surface area contributed by atoms with Crippen LogP contribution in [-0.4, -0.2) is 32.9 Å². The number of benzene rings is 1. The van der Waals surface area contributed by atoms with Crippen molar-refractivity contribution in [2.45, 2.75) is 12.8 Å². The Labute approximate surface area is 110 Å². The van der Waals surface area contributed by atoms with Crippen LogP contribution in [0.15, 0.2) is 24.3 Å². The van der Waals surface area contributed by atoms with Crippen LogP contribution in [0.1, 0.15) is 5.56 Å². The molecular formula is C10H8F3N5O2. The molecule has 106 valence electrons. The first-order valence-electron chi connectivity index (χ1n) is 5.30. The van der Waals surface area contributed by atoms with E-state index in [1.54, 1.807) is 0 Å². The van der Waals surface area contributed by atoms with Gasteiger partial charge < -0.3 is 4.74 Å². The lowest BCUT2D eigenvalue weighted by molar-refractivity contribution is -0.274. The maximum atomic E-state index is 12.1. The van der Waals surface area contributed by atoms with Crippen LogP contribution in [0.5, 0.6) is 5.75 Å². The molecule has 20 heavy (non-hydrogen) atoms. The Morgan fingerprint density at radius 2 is 2.20 bits per heavy atom. The highest BCUT2D eigenvalue weighted by Crippen LogP contribution is 2.23. The van der Waals surface area contributed by atoms with Crippen LogP contribution >= 0.6 is 0 Å². The minimum absolute atomic E-state index is 0.0160. The minimum Gasteiger partial charge on any atom is -0.406 e. The Morgan fingerprint density at radius 3 is 2.85 bits per heavy atom. The SMILES string of the molecule is O=C(Cc1cccc(OC(F)(F)F)c1)Nc1nn[nH]n1. The van der Waals surface area contributed by atoms with Crippen LogP contribution in [0.3, 0.4) is 0 Å². The summed E-state index contributed by atoms with van der Waals surface area (Å²) < 4.78 is 39.9. The summed E-state index contributed by atoms with van der Waals surface area (Å²) in [6.07, 6.45) is -4.92. The molecule has 1 aromatic heterocycles. The van der Waals surface area contributed by atoms with Crippen molar-refractivity contribution in [3.63, 3.8) is 0 Å². The normalized spacial score (nSPS) is 11.2. The van der Waals surface area contributed by atoms with Crippen molar-refractivity contribution >= 4 is 11.9 Å². The number of amides is 1. The van der Waals surface area contributed by atoms with E-state index in [0.29, 0.717) is 5.56 Å². The minimum atomic E-state index is -4.77. The number of carbonyl (C=O) groups excluding carboxylic acids is 1. The zero-order valence-corrected chi connectivity index (χ0v) is 9.81. The van der Waals surface area contributed by atoms with E-state index in [0.717, 1.165) is 12.1 Å². The molecule has 0 aliphatic rings. The van der Waals surface area contributed by atoms with Gasteiger partial charge in [-0.3, -0.25) is 10.1 Å². The number of hydrogen-bond acceptors (Lipinski definition) is 5. The second kappa shape index (κ2) is 5.55. The van der Waals surface area contributed by atoms with Gasteiger partial charge in [-0.05, 0) is 22.9 Å². The molecule has 0 bridgehead atoms. The number of H-pyrrole nitrogens is 1. The number of aromatic nitrogens is 4. The highest BCUT2D eigenvalue weighted by Gasteiger charge is 2.31. The summed E-state index contributed by atoms with van der Waals surface area (Å²) in [6, 6.07) is 5.13. The molecule has 0 atom stereocenters. The van der Waals surface area contributed by atoms with Crippen LogP contribution in [0.2, 0.25) is 0 Å². The largest absolute Gasteiger partial charge is 0.573 e. The molecule has 2 rings (SSSR count). The Balaban J connectivity index is 1.99. The maximum absolute atomic E-state index is 12.1. The predicted molar refractivity (Wildman–Crippen MR) is 59.6 cm³/mol. The van der Waals surface area contributed by atoms with Crippen LogP contribution < -0.4 is 10.1 Å². The molecule has 0 radical (unpaired) electrons. The van der Waals surface area contributed by atoms with E-state index in [1.165, 1.54) is 12.1 Å². The number of alkyl halides is 3. The monoisotopic (exact) mass is 287 g/mol. The number of hydrogen-bond donors (Lipinski definition) is 2. The number of anilines is 1. The molecule has 10 heteroatoms. The van der Waals surface area contributed by atoms with Gasteiger partial charge in [0.25, 0.3) is 5.95 Å². The van der Waals surface area contributed by atoms with Gasteiger partial charge >= 0.3 is 6.36 Å². The van der Waals surface area contributed by atoms with E-state index in [-0.39, 0.29) is 18.1 Å². The number of carbonyl (C=O) groups is 1. The lowest BCUT2D eigenvalue weighted by Gasteiger charge is -2.09. The molecule has 2 aromatic rings. The van der Waals surface area contributed by atoms with Crippen molar-refractivity contribution in [2.24, 2.45) is 0 Å². The fourth-order valence-electron chi connectivity index (χ4n) is 1.42. The summed E-state index contributed by atoms with van der Waals surface area (Å²) in [7, 11) is 0. The summed E-state index contributed by atoms with van der Waals surface area (Å²) in [6.45, 7) is 0. The molecular weight excluding hydrogens is 279 g/mol. The zero-order chi connectivity index (χ0) is 14.6. The van der Waals surface area contributed by atoms with Crippen LogP contribution in [0.25, 0.3) is 0 Å². The third-order valence-electron chi connectivity index (χ3n) is 2.09. The molecule has 0 fully saturated rings. The Kier molecular flexibility index (Phi) is 3.82. The first kappa shape index (κ1) is 13.8. The average Bonchev–Trinajstić information content (AvgIpc) is 2.79. The zero-order valence-electron chi connectivity index (χ0n) is 9.81. The van der Waals surface area contributed by atoms with Gasteiger partial charge in [0.05, 0.1) is 6.42 Å². The number of halogens is 3. The van der Waals surface area contributed by atoms with Crippen LogP contribution in [-0.2, 0) is 11.2 Å². The molecule has 1 heterocycles. The van der Waals surface area contributed by atoms with Gasteiger partial charge in [-0.25, -0.2) is 0 Å². The summed E-state index contributed by atoms with van der Waals surface area (Å²) in [5.41, 5.74) is 0.354. The molecule has 7 nitrogen and oxygen atoms in total. The number of rotatable bonds is 4. The van der Waals surface area contributed by atoms with Crippen molar-refractivity contribution in [1.29, 1.82) is 0 Å². The van der Waals surface area contributed by atoms with Crippen molar-refractivity contribution in [1.82, 2.24) is 20.6 Å². The number of nitrogens with zero attached hydrogens (tertiary/aromatic N) is 3. The lowest BCUT2D eigenvalue weighted by Crippen LogP contribution is -2.18. The van der Waals surface area contributed by atoms with Gasteiger partial charge in [-0.15, -0.1) is 18.3 Å².